The third kappa shape index (κ3) is 4.00. The molecule has 1 heterocycles. The lowest BCUT2D eigenvalue weighted by molar-refractivity contribution is 0.102. The van der Waals surface area contributed by atoms with Crippen LogP contribution in [-0.4, -0.2) is 10.9 Å². The summed E-state index contributed by atoms with van der Waals surface area (Å²) in [6.07, 6.45) is 1.56. The molecule has 4 nitrogen and oxygen atoms in total. The Balaban J connectivity index is 1.68. The molecule has 2 aromatic carbocycles. The summed E-state index contributed by atoms with van der Waals surface area (Å²) in [5.41, 5.74) is 3.38. The zero-order valence-electron chi connectivity index (χ0n) is 13.1. The minimum Gasteiger partial charge on any atom is -0.340 e. The van der Waals surface area contributed by atoms with Crippen LogP contribution in [0.1, 0.15) is 15.9 Å². The number of pyridine rings is 1. The van der Waals surface area contributed by atoms with Crippen molar-refractivity contribution in [3.63, 3.8) is 0 Å². The maximum absolute atomic E-state index is 12.2. The molecular weight excluding hydrogens is 366 g/mol. The van der Waals surface area contributed by atoms with Crippen molar-refractivity contribution >= 4 is 39.0 Å². The summed E-state index contributed by atoms with van der Waals surface area (Å²) in [5.74, 6) is 0.511. The number of amides is 1. The summed E-state index contributed by atoms with van der Waals surface area (Å²) in [6, 6.07) is 19.0. The van der Waals surface area contributed by atoms with Crippen molar-refractivity contribution in [1.82, 2.24) is 4.98 Å². The van der Waals surface area contributed by atoms with Crippen LogP contribution >= 0.6 is 15.9 Å². The van der Waals surface area contributed by atoms with Gasteiger partial charge >= 0.3 is 0 Å². The van der Waals surface area contributed by atoms with E-state index in [9.17, 15) is 4.79 Å². The van der Waals surface area contributed by atoms with E-state index in [-0.39, 0.29) is 5.91 Å². The first-order chi connectivity index (χ1) is 11.6. The minimum atomic E-state index is -0.188. The lowest BCUT2D eigenvalue weighted by Gasteiger charge is -2.09. The highest BCUT2D eigenvalue weighted by atomic mass is 79.9. The van der Waals surface area contributed by atoms with E-state index >= 15 is 0 Å². The van der Waals surface area contributed by atoms with Crippen molar-refractivity contribution in [2.24, 2.45) is 0 Å². The number of hydrogen-bond acceptors (Lipinski definition) is 3. The molecule has 0 aliphatic heterocycles. The van der Waals surface area contributed by atoms with Crippen molar-refractivity contribution < 1.29 is 4.79 Å². The van der Waals surface area contributed by atoms with Crippen molar-refractivity contribution in [3.05, 3.63) is 82.5 Å². The number of rotatable bonds is 4. The lowest BCUT2D eigenvalue weighted by atomic mass is 10.2. The van der Waals surface area contributed by atoms with Gasteiger partial charge < -0.3 is 10.6 Å². The summed E-state index contributed by atoms with van der Waals surface area (Å²) in [6.45, 7) is 2.03. The van der Waals surface area contributed by atoms with Gasteiger partial charge in [-0.3, -0.25) is 4.79 Å². The van der Waals surface area contributed by atoms with E-state index in [0.29, 0.717) is 11.4 Å². The summed E-state index contributed by atoms with van der Waals surface area (Å²) in [5, 5.41) is 6.09. The van der Waals surface area contributed by atoms with E-state index < -0.39 is 0 Å². The summed E-state index contributed by atoms with van der Waals surface area (Å²) >= 11 is 3.37. The number of halogens is 1. The first kappa shape index (κ1) is 16.2. The van der Waals surface area contributed by atoms with Gasteiger partial charge in [-0.25, -0.2) is 4.98 Å². The van der Waals surface area contributed by atoms with Crippen LogP contribution in [0.4, 0.5) is 17.2 Å². The molecule has 0 radical (unpaired) electrons. The Morgan fingerprint density at radius 2 is 1.75 bits per heavy atom. The number of aryl methyl sites for hydroxylation is 1. The third-order valence-electron chi connectivity index (χ3n) is 3.54. The van der Waals surface area contributed by atoms with Crippen LogP contribution in [-0.2, 0) is 0 Å². The molecule has 0 bridgehead atoms. The van der Waals surface area contributed by atoms with Gasteiger partial charge in [0.05, 0.1) is 5.56 Å². The Morgan fingerprint density at radius 3 is 2.42 bits per heavy atom. The quantitative estimate of drug-likeness (QED) is 0.656. The Bertz CT molecular complexity index is 845. The zero-order valence-corrected chi connectivity index (χ0v) is 14.7. The number of carbonyl (C=O) groups excluding carboxylic acids is 1. The highest BCUT2D eigenvalue weighted by molar-refractivity contribution is 9.10. The Labute approximate surface area is 149 Å². The molecule has 0 aliphatic carbocycles. The predicted molar refractivity (Wildman–Crippen MR) is 101 cm³/mol. The van der Waals surface area contributed by atoms with Gasteiger partial charge in [0, 0.05) is 22.0 Å². The van der Waals surface area contributed by atoms with Gasteiger partial charge in [-0.05, 0) is 55.0 Å². The number of benzene rings is 2. The van der Waals surface area contributed by atoms with E-state index in [1.807, 2.05) is 55.5 Å². The van der Waals surface area contributed by atoms with Crippen molar-refractivity contribution in [1.29, 1.82) is 0 Å². The van der Waals surface area contributed by atoms with Crippen LogP contribution in [0.2, 0.25) is 0 Å². The Kier molecular flexibility index (Phi) is 4.91. The summed E-state index contributed by atoms with van der Waals surface area (Å²) in [4.78, 5) is 16.6. The first-order valence-corrected chi connectivity index (χ1v) is 8.27. The topological polar surface area (TPSA) is 54.0 Å². The van der Waals surface area contributed by atoms with Gasteiger partial charge in [0.1, 0.15) is 5.82 Å². The summed E-state index contributed by atoms with van der Waals surface area (Å²) in [7, 11) is 0. The molecule has 1 aromatic heterocycles. The van der Waals surface area contributed by atoms with E-state index in [0.717, 1.165) is 21.4 Å². The van der Waals surface area contributed by atoms with Gasteiger partial charge in [-0.1, -0.05) is 34.1 Å². The number of carbonyl (C=O) groups is 1. The van der Waals surface area contributed by atoms with Crippen molar-refractivity contribution in [2.45, 2.75) is 6.92 Å². The van der Waals surface area contributed by atoms with Crippen molar-refractivity contribution in [3.8, 4) is 0 Å². The molecule has 2 N–H and O–H groups in total. The maximum Gasteiger partial charge on any atom is 0.257 e. The molecular formula is C19H16BrN3O. The fourth-order valence-electron chi connectivity index (χ4n) is 2.19. The second kappa shape index (κ2) is 7.27. The first-order valence-electron chi connectivity index (χ1n) is 7.47. The Morgan fingerprint density at radius 1 is 1.00 bits per heavy atom. The van der Waals surface area contributed by atoms with Gasteiger partial charge in [-0.15, -0.1) is 0 Å². The third-order valence-corrected chi connectivity index (χ3v) is 4.06. The van der Waals surface area contributed by atoms with E-state index in [1.54, 1.807) is 18.3 Å². The smallest absolute Gasteiger partial charge is 0.257 e. The Hall–Kier alpha value is -2.66. The van der Waals surface area contributed by atoms with Crippen LogP contribution in [0.3, 0.4) is 0 Å². The molecule has 120 valence electrons. The molecule has 24 heavy (non-hydrogen) atoms. The molecule has 0 unspecified atom stereocenters. The normalized spacial score (nSPS) is 10.2. The molecule has 0 saturated carbocycles. The van der Waals surface area contributed by atoms with Crippen LogP contribution < -0.4 is 10.6 Å². The van der Waals surface area contributed by atoms with E-state index in [2.05, 4.69) is 31.5 Å². The molecule has 0 spiro atoms. The van der Waals surface area contributed by atoms with Gasteiger partial charge in [0.25, 0.3) is 5.91 Å². The predicted octanol–water partition coefficient (Wildman–Crippen LogP) is 5.15. The molecule has 5 heteroatoms. The van der Waals surface area contributed by atoms with E-state index in [1.165, 1.54) is 0 Å². The van der Waals surface area contributed by atoms with Crippen LogP contribution in [0.15, 0.2) is 71.3 Å². The zero-order chi connectivity index (χ0) is 16.9. The van der Waals surface area contributed by atoms with Crippen molar-refractivity contribution in [2.75, 3.05) is 10.6 Å². The molecule has 0 fully saturated rings. The second-order valence-corrected chi connectivity index (χ2v) is 6.25. The van der Waals surface area contributed by atoms with Gasteiger partial charge in [-0.2, -0.15) is 0 Å². The van der Waals surface area contributed by atoms with E-state index in [4.69, 9.17) is 0 Å². The highest BCUT2D eigenvalue weighted by Crippen LogP contribution is 2.19. The fraction of sp³-hybridized carbons (Fsp3) is 0.0526. The monoisotopic (exact) mass is 381 g/mol. The number of nitrogens with one attached hydrogen (secondary N) is 2. The number of para-hydroxylation sites is 1. The fourth-order valence-corrected chi connectivity index (χ4v) is 2.45. The average Bonchev–Trinajstić information content (AvgIpc) is 2.59. The molecule has 3 aromatic rings. The standard InChI is InChI=1S/C19H16BrN3O/c1-13-4-2-3-5-17(13)23-18-11-6-14(12-21-18)19(24)22-16-9-7-15(20)8-10-16/h2-12H,1H3,(H,21,23)(H,22,24). The molecule has 3 rings (SSSR count). The SMILES string of the molecule is Cc1ccccc1Nc1ccc(C(=O)Nc2ccc(Br)cc2)cn1. The highest BCUT2D eigenvalue weighted by Gasteiger charge is 2.07. The van der Waals surface area contributed by atoms with Crippen LogP contribution in [0, 0.1) is 6.92 Å². The lowest BCUT2D eigenvalue weighted by Crippen LogP contribution is -2.12. The minimum absolute atomic E-state index is 0.188. The largest absolute Gasteiger partial charge is 0.340 e. The average molecular weight is 382 g/mol. The maximum atomic E-state index is 12.2. The number of hydrogen-bond donors (Lipinski definition) is 2. The molecule has 1 amide bonds. The van der Waals surface area contributed by atoms with Gasteiger partial charge in [0.15, 0.2) is 0 Å². The van der Waals surface area contributed by atoms with Crippen LogP contribution in [0.25, 0.3) is 0 Å². The second-order valence-electron chi connectivity index (χ2n) is 5.33. The molecule has 0 saturated heterocycles. The number of aromatic nitrogens is 1. The molecule has 0 atom stereocenters. The molecule has 0 aliphatic rings. The van der Waals surface area contributed by atoms with Gasteiger partial charge in [0.2, 0.25) is 0 Å². The number of anilines is 3. The summed E-state index contributed by atoms with van der Waals surface area (Å²) < 4.78 is 0.966. The number of nitrogens with zero attached hydrogens (tertiary/aromatic N) is 1. The van der Waals surface area contributed by atoms with Crippen LogP contribution in [0.5, 0.6) is 0 Å².